The number of barbiturate groups is 1. The summed E-state index contributed by atoms with van der Waals surface area (Å²) in [6, 6.07) is 15.5. The van der Waals surface area contributed by atoms with Crippen molar-refractivity contribution in [3.63, 3.8) is 0 Å². The van der Waals surface area contributed by atoms with Crippen LogP contribution in [-0.2, 0) is 14.3 Å². The summed E-state index contributed by atoms with van der Waals surface area (Å²) in [7, 11) is 1.28. The van der Waals surface area contributed by atoms with E-state index in [1.165, 1.54) is 13.2 Å². The number of carbonyl (C=O) groups excluding carboxylic acids is 4. The molecule has 0 radical (unpaired) electrons. The molecule has 160 valence electrons. The fraction of sp³-hybridized carbons (Fsp3) is 0.0435. The predicted octanol–water partition coefficient (Wildman–Crippen LogP) is 4.16. The fourth-order valence-corrected chi connectivity index (χ4v) is 3.45. The summed E-state index contributed by atoms with van der Waals surface area (Å²) in [4.78, 5) is 50.5. The minimum atomic E-state index is -0.841. The van der Waals surface area contributed by atoms with Crippen LogP contribution in [0.2, 0.25) is 0 Å². The molecule has 3 aromatic rings. The number of anilines is 1. The molecule has 1 fully saturated rings. The van der Waals surface area contributed by atoms with Crippen molar-refractivity contribution < 1.29 is 28.3 Å². The molecule has 0 spiro atoms. The molecular formula is C23H15BrN2O6. The van der Waals surface area contributed by atoms with Gasteiger partial charge in [-0.1, -0.05) is 34.1 Å². The zero-order valence-electron chi connectivity index (χ0n) is 16.6. The summed E-state index contributed by atoms with van der Waals surface area (Å²) < 4.78 is 11.3. The van der Waals surface area contributed by atoms with Gasteiger partial charge in [0.15, 0.2) is 0 Å². The molecule has 1 aliphatic rings. The van der Waals surface area contributed by atoms with E-state index in [9.17, 15) is 19.2 Å². The van der Waals surface area contributed by atoms with E-state index in [2.05, 4.69) is 21.2 Å². The van der Waals surface area contributed by atoms with Crippen LogP contribution in [0.5, 0.6) is 0 Å². The number of urea groups is 1. The zero-order valence-corrected chi connectivity index (χ0v) is 18.2. The Bertz CT molecular complexity index is 1280. The molecule has 0 atom stereocenters. The number of ether oxygens (including phenoxy) is 1. The molecule has 1 N–H and O–H groups in total. The van der Waals surface area contributed by atoms with E-state index in [4.69, 9.17) is 9.15 Å². The third-order valence-corrected chi connectivity index (χ3v) is 5.23. The maximum atomic E-state index is 13.0. The zero-order chi connectivity index (χ0) is 22.8. The normalized spacial score (nSPS) is 15.1. The second-order valence-corrected chi connectivity index (χ2v) is 7.59. The van der Waals surface area contributed by atoms with Crippen LogP contribution in [0.25, 0.3) is 17.4 Å². The molecule has 1 aliphatic heterocycles. The fourth-order valence-electron chi connectivity index (χ4n) is 3.19. The Morgan fingerprint density at radius 1 is 1.03 bits per heavy atom. The van der Waals surface area contributed by atoms with Crippen LogP contribution in [0.3, 0.4) is 0 Å². The third kappa shape index (κ3) is 3.97. The van der Waals surface area contributed by atoms with Crippen LogP contribution >= 0.6 is 15.9 Å². The van der Waals surface area contributed by atoms with Gasteiger partial charge in [0, 0.05) is 10.0 Å². The lowest BCUT2D eigenvalue weighted by molar-refractivity contribution is -0.122. The molecule has 0 saturated carbocycles. The number of amides is 4. The molecule has 8 nitrogen and oxygen atoms in total. The number of hydrogen-bond acceptors (Lipinski definition) is 6. The van der Waals surface area contributed by atoms with Crippen molar-refractivity contribution in [3.05, 3.63) is 82.0 Å². The smallest absolute Gasteiger partial charge is 0.338 e. The number of carbonyl (C=O) groups is 4. The van der Waals surface area contributed by atoms with Crippen molar-refractivity contribution in [3.8, 4) is 11.3 Å². The van der Waals surface area contributed by atoms with E-state index in [1.807, 2.05) is 0 Å². The van der Waals surface area contributed by atoms with Crippen LogP contribution in [0.1, 0.15) is 16.1 Å². The van der Waals surface area contributed by atoms with Gasteiger partial charge in [0.05, 0.1) is 18.4 Å². The first-order chi connectivity index (χ1) is 15.4. The highest BCUT2D eigenvalue weighted by Gasteiger charge is 2.37. The standard InChI is InChI=1S/C23H15BrN2O6/c1-31-22(29)17-5-3-2-4-16(17)19-11-10-15(32-19)12-18-20(27)25-23(30)26(21(18)28)14-8-6-13(24)7-9-14/h2-12H,1H3,(H,25,27,30)/b18-12+. The quantitative estimate of drug-likeness (QED) is 0.331. The molecule has 0 unspecified atom stereocenters. The average Bonchev–Trinajstić information content (AvgIpc) is 3.26. The molecule has 9 heteroatoms. The van der Waals surface area contributed by atoms with Gasteiger partial charge in [-0.3, -0.25) is 14.9 Å². The number of benzene rings is 2. The van der Waals surface area contributed by atoms with Gasteiger partial charge in [0.2, 0.25) is 0 Å². The summed E-state index contributed by atoms with van der Waals surface area (Å²) in [5, 5.41) is 2.16. The van der Waals surface area contributed by atoms with Crippen LogP contribution in [0.15, 0.2) is 75.1 Å². The Labute approximate surface area is 190 Å². The molecular weight excluding hydrogens is 480 g/mol. The monoisotopic (exact) mass is 494 g/mol. The minimum absolute atomic E-state index is 0.197. The summed E-state index contributed by atoms with van der Waals surface area (Å²) in [6.45, 7) is 0. The van der Waals surface area contributed by atoms with E-state index < -0.39 is 23.8 Å². The Morgan fingerprint density at radius 2 is 1.75 bits per heavy atom. The average molecular weight is 495 g/mol. The van der Waals surface area contributed by atoms with Crippen LogP contribution in [0, 0.1) is 0 Å². The summed E-state index contributed by atoms with van der Waals surface area (Å²) >= 11 is 3.29. The number of halogens is 1. The van der Waals surface area contributed by atoms with Crippen LogP contribution in [0.4, 0.5) is 10.5 Å². The van der Waals surface area contributed by atoms with E-state index in [0.29, 0.717) is 22.6 Å². The number of esters is 1. The first-order valence-corrected chi connectivity index (χ1v) is 10.1. The lowest BCUT2D eigenvalue weighted by Gasteiger charge is -2.26. The molecule has 1 aromatic heterocycles. The van der Waals surface area contributed by atoms with Crippen LogP contribution in [-0.4, -0.2) is 30.9 Å². The number of methoxy groups -OCH3 is 1. The van der Waals surface area contributed by atoms with E-state index in [-0.39, 0.29) is 11.3 Å². The minimum Gasteiger partial charge on any atom is -0.465 e. The van der Waals surface area contributed by atoms with E-state index >= 15 is 0 Å². The molecule has 0 bridgehead atoms. The molecule has 4 amide bonds. The largest absolute Gasteiger partial charge is 0.465 e. The van der Waals surface area contributed by atoms with Crippen molar-refractivity contribution in [2.24, 2.45) is 0 Å². The Kier molecular flexibility index (Phi) is 5.74. The van der Waals surface area contributed by atoms with Crippen molar-refractivity contribution in [1.82, 2.24) is 5.32 Å². The topological polar surface area (TPSA) is 106 Å². The molecule has 1 saturated heterocycles. The molecule has 4 rings (SSSR count). The maximum Gasteiger partial charge on any atom is 0.338 e. The van der Waals surface area contributed by atoms with Crippen molar-refractivity contribution >= 4 is 51.5 Å². The number of nitrogens with zero attached hydrogens (tertiary/aromatic N) is 1. The molecule has 32 heavy (non-hydrogen) atoms. The highest BCUT2D eigenvalue weighted by Crippen LogP contribution is 2.28. The summed E-state index contributed by atoms with van der Waals surface area (Å²) in [6.07, 6.45) is 1.25. The lowest BCUT2D eigenvalue weighted by atomic mass is 10.1. The Balaban J connectivity index is 1.69. The highest BCUT2D eigenvalue weighted by atomic mass is 79.9. The van der Waals surface area contributed by atoms with E-state index in [1.54, 1.807) is 60.7 Å². The summed E-state index contributed by atoms with van der Waals surface area (Å²) in [5.41, 5.74) is 0.841. The first kappa shape index (κ1) is 21.3. The number of furan rings is 1. The second kappa shape index (κ2) is 8.64. The highest BCUT2D eigenvalue weighted by molar-refractivity contribution is 9.10. The third-order valence-electron chi connectivity index (χ3n) is 4.70. The van der Waals surface area contributed by atoms with Gasteiger partial charge in [-0.2, -0.15) is 0 Å². The van der Waals surface area contributed by atoms with Crippen molar-refractivity contribution in [2.75, 3.05) is 12.0 Å². The summed E-state index contributed by atoms with van der Waals surface area (Å²) in [5.74, 6) is -1.59. The van der Waals surface area contributed by atoms with Gasteiger partial charge < -0.3 is 9.15 Å². The van der Waals surface area contributed by atoms with Gasteiger partial charge in [0.25, 0.3) is 11.8 Å². The molecule has 2 aromatic carbocycles. The molecule has 2 heterocycles. The predicted molar refractivity (Wildman–Crippen MR) is 119 cm³/mol. The molecule has 0 aliphatic carbocycles. The van der Waals surface area contributed by atoms with Gasteiger partial charge in [-0.25, -0.2) is 14.5 Å². The van der Waals surface area contributed by atoms with Gasteiger partial charge in [0.1, 0.15) is 17.1 Å². The number of rotatable bonds is 4. The Hall–Kier alpha value is -3.98. The van der Waals surface area contributed by atoms with Crippen molar-refractivity contribution in [2.45, 2.75) is 0 Å². The maximum absolute atomic E-state index is 13.0. The van der Waals surface area contributed by atoms with Crippen LogP contribution < -0.4 is 10.2 Å². The number of nitrogens with one attached hydrogen (secondary N) is 1. The van der Waals surface area contributed by atoms with Gasteiger partial charge in [-0.05, 0) is 48.5 Å². The Morgan fingerprint density at radius 3 is 2.47 bits per heavy atom. The SMILES string of the molecule is COC(=O)c1ccccc1-c1ccc(/C=C2\C(=O)NC(=O)N(c3ccc(Br)cc3)C2=O)o1. The second-order valence-electron chi connectivity index (χ2n) is 6.67. The van der Waals surface area contributed by atoms with Crippen molar-refractivity contribution in [1.29, 1.82) is 0 Å². The van der Waals surface area contributed by atoms with Gasteiger partial charge in [-0.15, -0.1) is 0 Å². The van der Waals surface area contributed by atoms with Gasteiger partial charge >= 0.3 is 12.0 Å². The lowest BCUT2D eigenvalue weighted by Crippen LogP contribution is -2.54. The first-order valence-electron chi connectivity index (χ1n) is 9.33. The number of hydrogen-bond donors (Lipinski definition) is 1. The number of imide groups is 2. The van der Waals surface area contributed by atoms with E-state index in [0.717, 1.165) is 9.37 Å².